The molecular formula is C7H15ClN2. The lowest BCUT2D eigenvalue weighted by Crippen LogP contribution is -2.29. The average Bonchev–Trinajstić information content (AvgIpc) is 2.34. The van der Waals surface area contributed by atoms with Crippen molar-refractivity contribution in [2.45, 2.75) is 11.9 Å². The minimum atomic E-state index is 0.157. The fraction of sp³-hybridized carbons (Fsp3) is 1.00. The first kappa shape index (κ1) is 8.31. The highest BCUT2D eigenvalue weighted by Gasteiger charge is 2.24. The van der Waals surface area contributed by atoms with E-state index in [9.17, 15) is 0 Å². The zero-order valence-electron chi connectivity index (χ0n) is 6.60. The highest BCUT2D eigenvalue weighted by atomic mass is 35.5. The van der Waals surface area contributed by atoms with Crippen molar-refractivity contribution in [2.75, 3.05) is 27.2 Å². The lowest BCUT2D eigenvalue weighted by atomic mass is 10.1. The Morgan fingerprint density at radius 3 is 2.80 bits per heavy atom. The van der Waals surface area contributed by atoms with Gasteiger partial charge in [0.15, 0.2) is 0 Å². The third-order valence-electron chi connectivity index (χ3n) is 2.12. The maximum Gasteiger partial charge on any atom is 0.0864 e. The van der Waals surface area contributed by atoms with Crippen LogP contribution in [0.3, 0.4) is 0 Å². The van der Waals surface area contributed by atoms with E-state index in [-0.39, 0.29) is 5.50 Å². The Hall–Kier alpha value is 0.210. The molecule has 1 rings (SSSR count). The van der Waals surface area contributed by atoms with Gasteiger partial charge >= 0.3 is 0 Å². The first-order chi connectivity index (χ1) is 4.74. The summed E-state index contributed by atoms with van der Waals surface area (Å²) in [6.07, 6.45) is 1.23. The van der Waals surface area contributed by atoms with Gasteiger partial charge < -0.3 is 10.2 Å². The van der Waals surface area contributed by atoms with Crippen LogP contribution in [0.2, 0.25) is 0 Å². The molecule has 0 bridgehead atoms. The van der Waals surface area contributed by atoms with E-state index in [0.29, 0.717) is 5.92 Å². The second kappa shape index (κ2) is 3.56. The van der Waals surface area contributed by atoms with Gasteiger partial charge in [-0.3, -0.25) is 0 Å². The third-order valence-corrected chi connectivity index (χ3v) is 2.69. The molecule has 1 aliphatic heterocycles. The van der Waals surface area contributed by atoms with Crippen LogP contribution in [0.25, 0.3) is 0 Å². The van der Waals surface area contributed by atoms with E-state index in [4.69, 9.17) is 11.6 Å². The number of alkyl halides is 1. The summed E-state index contributed by atoms with van der Waals surface area (Å²) in [5.74, 6) is 0.636. The fourth-order valence-electron chi connectivity index (χ4n) is 1.44. The van der Waals surface area contributed by atoms with Crippen molar-refractivity contribution in [3.05, 3.63) is 0 Å². The van der Waals surface area contributed by atoms with Crippen molar-refractivity contribution < 1.29 is 0 Å². The smallest absolute Gasteiger partial charge is 0.0864 e. The molecule has 2 atom stereocenters. The molecule has 0 amide bonds. The van der Waals surface area contributed by atoms with Gasteiger partial charge in [-0.15, -0.1) is 11.6 Å². The van der Waals surface area contributed by atoms with Crippen LogP contribution < -0.4 is 5.32 Å². The summed E-state index contributed by atoms with van der Waals surface area (Å²) in [7, 11) is 4.05. The lowest BCUT2D eigenvalue weighted by molar-refractivity contribution is 0.383. The van der Waals surface area contributed by atoms with Gasteiger partial charge in [0.25, 0.3) is 0 Å². The van der Waals surface area contributed by atoms with Crippen molar-refractivity contribution in [3.8, 4) is 0 Å². The van der Waals surface area contributed by atoms with Crippen molar-refractivity contribution in [3.63, 3.8) is 0 Å². The zero-order chi connectivity index (χ0) is 7.56. The first-order valence-electron chi connectivity index (χ1n) is 3.74. The summed E-state index contributed by atoms with van der Waals surface area (Å²) in [4.78, 5) is 2.32. The molecule has 1 saturated heterocycles. The van der Waals surface area contributed by atoms with Crippen LogP contribution in [-0.2, 0) is 0 Å². The second-order valence-corrected chi connectivity index (χ2v) is 3.47. The average molecular weight is 163 g/mol. The molecule has 0 aromatic carbocycles. The maximum absolute atomic E-state index is 6.00. The van der Waals surface area contributed by atoms with Crippen LogP contribution in [0.15, 0.2) is 0 Å². The number of nitrogens with one attached hydrogen (secondary N) is 1. The molecule has 3 heteroatoms. The predicted molar refractivity (Wildman–Crippen MR) is 44.3 cm³/mol. The number of hydrogen-bond acceptors (Lipinski definition) is 2. The minimum Gasteiger partial charge on any atom is -0.306 e. The van der Waals surface area contributed by atoms with Gasteiger partial charge in [-0.25, -0.2) is 0 Å². The van der Waals surface area contributed by atoms with E-state index in [1.165, 1.54) is 13.0 Å². The number of hydrogen-bond donors (Lipinski definition) is 1. The van der Waals surface area contributed by atoms with Gasteiger partial charge in [0, 0.05) is 12.5 Å². The fourth-order valence-corrected chi connectivity index (χ4v) is 1.65. The quantitative estimate of drug-likeness (QED) is 0.476. The molecule has 0 saturated carbocycles. The number of rotatable bonds is 2. The monoisotopic (exact) mass is 162 g/mol. The molecule has 0 aromatic heterocycles. The van der Waals surface area contributed by atoms with Gasteiger partial charge in [-0.05, 0) is 27.1 Å². The molecule has 0 aliphatic carbocycles. The van der Waals surface area contributed by atoms with E-state index < -0.39 is 0 Å². The Labute approximate surface area is 67.5 Å². The Morgan fingerprint density at radius 2 is 2.40 bits per heavy atom. The molecule has 1 aliphatic rings. The highest BCUT2D eigenvalue weighted by Crippen LogP contribution is 2.19. The summed E-state index contributed by atoms with van der Waals surface area (Å²) >= 11 is 6.00. The van der Waals surface area contributed by atoms with E-state index in [2.05, 4.69) is 17.3 Å². The number of likely N-dealkylation sites (tertiary alicyclic amines) is 1. The molecular weight excluding hydrogens is 148 g/mol. The lowest BCUT2D eigenvalue weighted by Gasteiger charge is -2.15. The van der Waals surface area contributed by atoms with Crippen LogP contribution in [0.4, 0.5) is 0 Å². The molecule has 0 spiro atoms. The molecule has 1 N–H and O–H groups in total. The summed E-state index contributed by atoms with van der Waals surface area (Å²) in [5.41, 5.74) is 0.157. The Morgan fingerprint density at radius 1 is 1.70 bits per heavy atom. The molecule has 1 fully saturated rings. The Bertz CT molecular complexity index is 108. The SMILES string of the molecule is CNC(Cl)C1CCN(C)C1. The second-order valence-electron chi connectivity index (χ2n) is 3.00. The Kier molecular flexibility index (Phi) is 2.96. The van der Waals surface area contributed by atoms with E-state index in [0.717, 1.165) is 6.54 Å². The zero-order valence-corrected chi connectivity index (χ0v) is 7.36. The van der Waals surface area contributed by atoms with Gasteiger partial charge in [0.05, 0.1) is 5.50 Å². The predicted octanol–water partition coefficient (Wildman–Crippen LogP) is 0.722. The molecule has 2 unspecified atom stereocenters. The van der Waals surface area contributed by atoms with Gasteiger partial charge in [-0.1, -0.05) is 0 Å². The summed E-state index contributed by atoms with van der Waals surface area (Å²) in [6.45, 7) is 2.32. The van der Waals surface area contributed by atoms with Crippen molar-refractivity contribution in [1.82, 2.24) is 10.2 Å². The summed E-state index contributed by atoms with van der Waals surface area (Å²) in [6, 6.07) is 0. The van der Waals surface area contributed by atoms with E-state index in [1.807, 2.05) is 7.05 Å². The normalized spacial score (nSPS) is 30.9. The van der Waals surface area contributed by atoms with Crippen LogP contribution >= 0.6 is 11.6 Å². The van der Waals surface area contributed by atoms with E-state index in [1.54, 1.807) is 0 Å². The minimum absolute atomic E-state index is 0.157. The molecule has 1 heterocycles. The van der Waals surface area contributed by atoms with Crippen molar-refractivity contribution >= 4 is 11.6 Å². The van der Waals surface area contributed by atoms with E-state index >= 15 is 0 Å². The Balaban J connectivity index is 2.29. The topological polar surface area (TPSA) is 15.3 Å². The van der Waals surface area contributed by atoms with Crippen molar-refractivity contribution in [2.24, 2.45) is 5.92 Å². The highest BCUT2D eigenvalue weighted by molar-refractivity contribution is 6.20. The summed E-state index contributed by atoms with van der Waals surface area (Å²) in [5, 5.41) is 3.07. The molecule has 10 heavy (non-hydrogen) atoms. The van der Waals surface area contributed by atoms with Crippen LogP contribution in [0.5, 0.6) is 0 Å². The van der Waals surface area contributed by atoms with Gasteiger partial charge in [0.2, 0.25) is 0 Å². The summed E-state index contributed by atoms with van der Waals surface area (Å²) < 4.78 is 0. The number of nitrogens with zero attached hydrogens (tertiary/aromatic N) is 1. The molecule has 2 nitrogen and oxygen atoms in total. The van der Waals surface area contributed by atoms with Crippen LogP contribution in [0.1, 0.15) is 6.42 Å². The molecule has 60 valence electrons. The van der Waals surface area contributed by atoms with Gasteiger partial charge in [0.1, 0.15) is 0 Å². The molecule has 0 aromatic rings. The van der Waals surface area contributed by atoms with Crippen LogP contribution in [0, 0.1) is 5.92 Å². The third kappa shape index (κ3) is 1.84. The number of halogens is 1. The maximum atomic E-state index is 6.00. The first-order valence-corrected chi connectivity index (χ1v) is 4.17. The molecule has 0 radical (unpaired) electrons. The van der Waals surface area contributed by atoms with Crippen LogP contribution in [-0.4, -0.2) is 37.6 Å². The largest absolute Gasteiger partial charge is 0.306 e. The standard InChI is InChI=1S/C7H15ClN2/c1-9-7(8)6-3-4-10(2)5-6/h6-7,9H,3-5H2,1-2H3. The van der Waals surface area contributed by atoms with Crippen molar-refractivity contribution in [1.29, 1.82) is 0 Å². The van der Waals surface area contributed by atoms with Gasteiger partial charge in [-0.2, -0.15) is 0 Å².